The summed E-state index contributed by atoms with van der Waals surface area (Å²) in [7, 11) is 0. The van der Waals surface area contributed by atoms with Crippen molar-refractivity contribution in [1.29, 1.82) is 0 Å². The van der Waals surface area contributed by atoms with Crippen LogP contribution in [0, 0.1) is 0 Å². The number of alkyl halides is 3. The minimum absolute atomic E-state index is 0.151. The maximum absolute atomic E-state index is 12.3. The highest BCUT2D eigenvalue weighted by Crippen LogP contribution is 2.25. The molecular formula is C11H11ClF3NO. The van der Waals surface area contributed by atoms with Gasteiger partial charge < -0.3 is 4.90 Å². The number of hydrogen-bond acceptors (Lipinski definition) is 2. The van der Waals surface area contributed by atoms with E-state index in [1.807, 2.05) is 0 Å². The van der Waals surface area contributed by atoms with Crippen molar-refractivity contribution in [3.63, 3.8) is 0 Å². The predicted molar refractivity (Wildman–Crippen MR) is 60.8 cm³/mol. The first-order valence-corrected chi connectivity index (χ1v) is 5.31. The molecular weight excluding hydrogens is 255 g/mol. The summed E-state index contributed by atoms with van der Waals surface area (Å²) in [6, 6.07) is 4.22. The van der Waals surface area contributed by atoms with E-state index in [1.54, 1.807) is 6.92 Å². The second-order valence-electron chi connectivity index (χ2n) is 3.45. The van der Waals surface area contributed by atoms with Crippen LogP contribution < -0.4 is 4.90 Å². The number of nitrogens with zero attached hydrogens (tertiary/aromatic N) is 1. The van der Waals surface area contributed by atoms with Crippen LogP contribution in [0.5, 0.6) is 0 Å². The summed E-state index contributed by atoms with van der Waals surface area (Å²) in [5, 5.41) is 0.151. The molecule has 0 aromatic heterocycles. The van der Waals surface area contributed by atoms with Crippen molar-refractivity contribution in [3.05, 3.63) is 28.8 Å². The van der Waals surface area contributed by atoms with E-state index in [0.717, 1.165) is 4.90 Å². The Labute approximate surface area is 102 Å². The van der Waals surface area contributed by atoms with Crippen molar-refractivity contribution in [2.75, 3.05) is 18.0 Å². The molecule has 0 fully saturated rings. The molecule has 1 rings (SSSR count). The fourth-order valence-electron chi connectivity index (χ4n) is 1.41. The molecule has 94 valence electrons. The lowest BCUT2D eigenvalue weighted by Crippen LogP contribution is -2.34. The summed E-state index contributed by atoms with van der Waals surface area (Å²) >= 11 is 5.76. The molecule has 0 aliphatic heterocycles. The van der Waals surface area contributed by atoms with Gasteiger partial charge in [0.1, 0.15) is 6.54 Å². The van der Waals surface area contributed by atoms with Gasteiger partial charge in [-0.2, -0.15) is 13.2 Å². The molecule has 0 heterocycles. The zero-order valence-electron chi connectivity index (χ0n) is 9.09. The molecule has 0 atom stereocenters. The topological polar surface area (TPSA) is 20.3 Å². The number of rotatable bonds is 4. The lowest BCUT2D eigenvalue weighted by molar-refractivity contribution is -0.119. The van der Waals surface area contributed by atoms with E-state index in [9.17, 15) is 18.0 Å². The first-order valence-electron chi connectivity index (χ1n) is 4.94. The van der Waals surface area contributed by atoms with Crippen LogP contribution in [-0.2, 0) is 0 Å². The van der Waals surface area contributed by atoms with E-state index in [-0.39, 0.29) is 17.1 Å². The molecule has 0 saturated heterocycles. The summed E-state index contributed by atoms with van der Waals surface area (Å²) in [6.07, 6.45) is -3.71. The van der Waals surface area contributed by atoms with E-state index in [0.29, 0.717) is 12.0 Å². The van der Waals surface area contributed by atoms with Crippen LogP contribution in [0.25, 0.3) is 0 Å². The molecule has 0 saturated carbocycles. The van der Waals surface area contributed by atoms with Gasteiger partial charge in [0.2, 0.25) is 0 Å². The molecule has 0 aliphatic rings. The molecule has 0 spiro atoms. The average Bonchev–Trinajstić information content (AvgIpc) is 2.24. The number of carbonyl (C=O) groups is 1. The van der Waals surface area contributed by atoms with Crippen LogP contribution in [0.3, 0.4) is 0 Å². The lowest BCUT2D eigenvalue weighted by Gasteiger charge is -2.24. The minimum atomic E-state index is -4.27. The van der Waals surface area contributed by atoms with Gasteiger partial charge in [-0.15, -0.1) is 0 Å². The number of carbonyl (C=O) groups excluding carboxylic acids is 1. The number of anilines is 1. The molecule has 0 radical (unpaired) electrons. The number of benzene rings is 1. The summed E-state index contributed by atoms with van der Waals surface area (Å²) in [6.45, 7) is 0.782. The number of halogens is 4. The van der Waals surface area contributed by atoms with Crippen molar-refractivity contribution in [1.82, 2.24) is 0 Å². The van der Waals surface area contributed by atoms with Crippen LogP contribution in [0.1, 0.15) is 17.3 Å². The summed E-state index contributed by atoms with van der Waals surface area (Å²) in [4.78, 5) is 11.7. The zero-order valence-corrected chi connectivity index (χ0v) is 9.85. The van der Waals surface area contributed by atoms with Gasteiger partial charge in [0.15, 0.2) is 6.29 Å². The van der Waals surface area contributed by atoms with Crippen molar-refractivity contribution >= 4 is 23.6 Å². The smallest absolute Gasteiger partial charge is 0.363 e. The van der Waals surface area contributed by atoms with Gasteiger partial charge in [-0.25, -0.2) is 0 Å². The van der Waals surface area contributed by atoms with Crippen LogP contribution in [-0.4, -0.2) is 25.6 Å². The van der Waals surface area contributed by atoms with E-state index in [4.69, 9.17) is 11.6 Å². The van der Waals surface area contributed by atoms with Gasteiger partial charge in [-0.05, 0) is 25.1 Å². The van der Waals surface area contributed by atoms with Gasteiger partial charge in [-0.1, -0.05) is 11.6 Å². The Morgan fingerprint density at radius 2 is 2.06 bits per heavy atom. The third-order valence-corrected chi connectivity index (χ3v) is 2.56. The third-order valence-electron chi connectivity index (χ3n) is 2.23. The Kier molecular flexibility index (Phi) is 4.40. The highest BCUT2D eigenvalue weighted by Gasteiger charge is 2.30. The van der Waals surface area contributed by atoms with Crippen LogP contribution in [0.4, 0.5) is 18.9 Å². The highest BCUT2D eigenvalue weighted by atomic mass is 35.5. The second kappa shape index (κ2) is 5.40. The fraction of sp³-hybridized carbons (Fsp3) is 0.364. The largest absolute Gasteiger partial charge is 0.405 e. The van der Waals surface area contributed by atoms with Gasteiger partial charge in [0.25, 0.3) is 0 Å². The maximum Gasteiger partial charge on any atom is 0.405 e. The summed E-state index contributed by atoms with van der Waals surface area (Å²) in [5.74, 6) is 0. The van der Waals surface area contributed by atoms with Crippen LogP contribution >= 0.6 is 11.6 Å². The Morgan fingerprint density at radius 3 is 2.47 bits per heavy atom. The number of hydrogen-bond donors (Lipinski definition) is 0. The number of aldehydes is 1. The van der Waals surface area contributed by atoms with Gasteiger partial charge in [0.05, 0.1) is 5.02 Å². The van der Waals surface area contributed by atoms with Crippen molar-refractivity contribution in [2.24, 2.45) is 0 Å². The lowest BCUT2D eigenvalue weighted by atomic mass is 10.2. The van der Waals surface area contributed by atoms with Gasteiger partial charge in [0, 0.05) is 17.8 Å². The molecule has 17 heavy (non-hydrogen) atoms. The monoisotopic (exact) mass is 265 g/mol. The Balaban J connectivity index is 2.97. The Bertz CT molecular complexity index is 406. The second-order valence-corrected chi connectivity index (χ2v) is 3.86. The van der Waals surface area contributed by atoms with Gasteiger partial charge in [-0.3, -0.25) is 4.79 Å². The Hall–Kier alpha value is -1.23. The van der Waals surface area contributed by atoms with Crippen molar-refractivity contribution in [2.45, 2.75) is 13.1 Å². The van der Waals surface area contributed by atoms with Crippen molar-refractivity contribution in [3.8, 4) is 0 Å². The maximum atomic E-state index is 12.3. The van der Waals surface area contributed by atoms with E-state index in [1.165, 1.54) is 18.2 Å². The normalized spacial score (nSPS) is 11.4. The van der Waals surface area contributed by atoms with E-state index >= 15 is 0 Å². The average molecular weight is 266 g/mol. The first kappa shape index (κ1) is 13.8. The van der Waals surface area contributed by atoms with Crippen molar-refractivity contribution < 1.29 is 18.0 Å². The predicted octanol–water partition coefficient (Wildman–Crippen LogP) is 3.54. The van der Waals surface area contributed by atoms with Crippen LogP contribution in [0.15, 0.2) is 18.2 Å². The van der Waals surface area contributed by atoms with Gasteiger partial charge >= 0.3 is 6.18 Å². The molecule has 0 aliphatic carbocycles. The minimum Gasteiger partial charge on any atom is -0.363 e. The molecule has 0 bridgehead atoms. The fourth-order valence-corrected chi connectivity index (χ4v) is 1.63. The molecule has 1 aromatic carbocycles. The zero-order chi connectivity index (χ0) is 13.1. The SMILES string of the molecule is CCN(CC(F)(F)F)c1ccc(C=O)c(Cl)c1. The van der Waals surface area contributed by atoms with E-state index < -0.39 is 12.7 Å². The van der Waals surface area contributed by atoms with E-state index in [2.05, 4.69) is 0 Å². The first-order chi connectivity index (χ1) is 7.87. The standard InChI is InChI=1S/C11H11ClF3NO/c1-2-16(7-11(13,14)15)9-4-3-8(6-17)10(12)5-9/h3-6H,2,7H2,1H3. The Morgan fingerprint density at radius 1 is 1.41 bits per heavy atom. The molecule has 6 heteroatoms. The molecule has 0 N–H and O–H groups in total. The third kappa shape index (κ3) is 3.93. The molecule has 2 nitrogen and oxygen atoms in total. The highest BCUT2D eigenvalue weighted by molar-refractivity contribution is 6.33. The summed E-state index contributed by atoms with van der Waals surface area (Å²) < 4.78 is 36.9. The summed E-state index contributed by atoms with van der Waals surface area (Å²) in [5.41, 5.74) is 0.610. The molecule has 0 amide bonds. The molecule has 1 aromatic rings. The van der Waals surface area contributed by atoms with Crippen LogP contribution in [0.2, 0.25) is 5.02 Å². The quantitative estimate of drug-likeness (QED) is 0.776. The molecule has 0 unspecified atom stereocenters.